The van der Waals surface area contributed by atoms with Crippen LogP contribution in [0, 0.1) is 5.92 Å². The van der Waals surface area contributed by atoms with Crippen LogP contribution in [0.1, 0.15) is 18.9 Å². The summed E-state index contributed by atoms with van der Waals surface area (Å²) in [5, 5.41) is 0. The van der Waals surface area contributed by atoms with Gasteiger partial charge in [-0.25, -0.2) is 0 Å². The molecule has 0 amide bonds. The number of hydrogen-bond acceptors (Lipinski definition) is 5. The number of ether oxygens (including phenoxy) is 2. The number of aromatic amines is 1. The van der Waals surface area contributed by atoms with Gasteiger partial charge < -0.3 is 24.3 Å². The zero-order valence-electron chi connectivity index (χ0n) is 16.7. The molecule has 0 bridgehead atoms. The Hall–Kier alpha value is -2.47. The van der Waals surface area contributed by atoms with E-state index in [1.807, 2.05) is 12.1 Å². The fraction of sp³-hybridized carbons (Fsp3) is 0.500. The standard InChI is InChI=1S/C22H29N3O3/c1-16-7-8-25(19(16)13-17-5-3-4-6-20(17)27-2)21-14-18(15-22(26)23-21)24-9-11-28-12-10-24/h3-6,14-16,19H,7-13H2,1-2H3,(H,23,26)/t16-,19-/m0/s1. The Morgan fingerprint density at radius 3 is 2.75 bits per heavy atom. The lowest BCUT2D eigenvalue weighted by Gasteiger charge is -2.32. The Balaban J connectivity index is 1.62. The molecule has 3 heterocycles. The van der Waals surface area contributed by atoms with Crippen molar-refractivity contribution in [1.82, 2.24) is 4.98 Å². The predicted molar refractivity (Wildman–Crippen MR) is 112 cm³/mol. The second-order valence-corrected chi connectivity index (χ2v) is 7.73. The number of pyridine rings is 1. The minimum absolute atomic E-state index is 0.0467. The molecule has 2 aliphatic rings. The number of morpholine rings is 1. The van der Waals surface area contributed by atoms with Crippen LogP contribution in [0.3, 0.4) is 0 Å². The fourth-order valence-corrected chi connectivity index (χ4v) is 4.39. The van der Waals surface area contributed by atoms with Crippen molar-refractivity contribution in [2.75, 3.05) is 49.8 Å². The summed E-state index contributed by atoms with van der Waals surface area (Å²) >= 11 is 0. The molecule has 0 saturated carbocycles. The molecule has 2 aliphatic heterocycles. The third-order valence-electron chi connectivity index (χ3n) is 6.00. The number of benzene rings is 1. The van der Waals surface area contributed by atoms with Crippen molar-refractivity contribution >= 4 is 11.5 Å². The lowest BCUT2D eigenvalue weighted by Crippen LogP contribution is -2.38. The van der Waals surface area contributed by atoms with Crippen molar-refractivity contribution in [3.05, 3.63) is 52.3 Å². The van der Waals surface area contributed by atoms with Crippen molar-refractivity contribution in [3.8, 4) is 5.75 Å². The molecule has 1 aromatic heterocycles. The molecular weight excluding hydrogens is 354 g/mol. The van der Waals surface area contributed by atoms with Crippen LogP contribution in [0.25, 0.3) is 0 Å². The molecule has 2 aromatic rings. The highest BCUT2D eigenvalue weighted by atomic mass is 16.5. The van der Waals surface area contributed by atoms with E-state index < -0.39 is 0 Å². The number of nitrogens with zero attached hydrogens (tertiary/aromatic N) is 2. The number of rotatable bonds is 5. The Morgan fingerprint density at radius 1 is 1.18 bits per heavy atom. The Morgan fingerprint density at radius 2 is 1.96 bits per heavy atom. The average Bonchev–Trinajstić information content (AvgIpc) is 3.09. The van der Waals surface area contributed by atoms with Crippen LogP contribution in [0.5, 0.6) is 5.75 Å². The molecule has 2 atom stereocenters. The third-order valence-corrected chi connectivity index (χ3v) is 6.00. The molecule has 28 heavy (non-hydrogen) atoms. The number of methoxy groups -OCH3 is 1. The number of anilines is 2. The van der Waals surface area contributed by atoms with Crippen molar-refractivity contribution in [1.29, 1.82) is 0 Å². The monoisotopic (exact) mass is 383 g/mol. The van der Waals surface area contributed by atoms with E-state index in [9.17, 15) is 4.79 Å². The van der Waals surface area contributed by atoms with Crippen molar-refractivity contribution in [3.63, 3.8) is 0 Å². The number of nitrogens with one attached hydrogen (secondary N) is 1. The second kappa shape index (κ2) is 8.27. The molecular formula is C22H29N3O3. The van der Waals surface area contributed by atoms with Gasteiger partial charge in [0.05, 0.1) is 20.3 Å². The molecule has 2 fully saturated rings. The van der Waals surface area contributed by atoms with Gasteiger partial charge >= 0.3 is 0 Å². The molecule has 6 nitrogen and oxygen atoms in total. The fourth-order valence-electron chi connectivity index (χ4n) is 4.39. The zero-order chi connectivity index (χ0) is 19.5. The Kier molecular flexibility index (Phi) is 5.57. The summed E-state index contributed by atoms with van der Waals surface area (Å²) in [6.07, 6.45) is 2.01. The minimum Gasteiger partial charge on any atom is -0.496 e. The van der Waals surface area contributed by atoms with Crippen LogP contribution in [-0.2, 0) is 11.2 Å². The second-order valence-electron chi connectivity index (χ2n) is 7.73. The summed E-state index contributed by atoms with van der Waals surface area (Å²) in [7, 11) is 1.72. The van der Waals surface area contributed by atoms with E-state index in [2.05, 4.69) is 39.9 Å². The predicted octanol–water partition coefficient (Wildman–Crippen LogP) is 2.68. The van der Waals surface area contributed by atoms with E-state index in [1.165, 1.54) is 5.56 Å². The molecule has 2 saturated heterocycles. The van der Waals surface area contributed by atoms with Crippen LogP contribution >= 0.6 is 0 Å². The lowest BCUT2D eigenvalue weighted by atomic mass is 9.95. The van der Waals surface area contributed by atoms with Crippen LogP contribution in [0.2, 0.25) is 0 Å². The van der Waals surface area contributed by atoms with E-state index in [0.29, 0.717) is 25.2 Å². The topological polar surface area (TPSA) is 57.8 Å². The molecule has 0 unspecified atom stereocenters. The molecule has 6 heteroatoms. The smallest absolute Gasteiger partial charge is 0.251 e. The third kappa shape index (κ3) is 3.87. The van der Waals surface area contributed by atoms with Gasteiger partial charge in [0.15, 0.2) is 0 Å². The first-order valence-corrected chi connectivity index (χ1v) is 10.1. The first-order valence-electron chi connectivity index (χ1n) is 10.1. The quantitative estimate of drug-likeness (QED) is 0.860. The van der Waals surface area contributed by atoms with E-state index >= 15 is 0 Å². The highest BCUT2D eigenvalue weighted by molar-refractivity contribution is 5.56. The SMILES string of the molecule is COc1ccccc1C[C@H]1[C@@H](C)CCN1c1cc(N2CCOCC2)cc(=O)[nH]1. The maximum absolute atomic E-state index is 12.4. The Bertz CT molecular complexity index is 860. The average molecular weight is 383 g/mol. The number of para-hydroxylation sites is 1. The van der Waals surface area contributed by atoms with Gasteiger partial charge in [-0.05, 0) is 30.4 Å². The summed E-state index contributed by atoms with van der Waals surface area (Å²) in [5.74, 6) is 2.39. The van der Waals surface area contributed by atoms with Crippen molar-refractivity contribution in [2.45, 2.75) is 25.8 Å². The van der Waals surface area contributed by atoms with Gasteiger partial charge in [-0.2, -0.15) is 0 Å². The van der Waals surface area contributed by atoms with Gasteiger partial charge in [-0.15, -0.1) is 0 Å². The van der Waals surface area contributed by atoms with E-state index in [1.54, 1.807) is 13.2 Å². The first kappa shape index (κ1) is 18.9. The molecule has 4 rings (SSSR count). The zero-order valence-corrected chi connectivity index (χ0v) is 16.7. The highest BCUT2D eigenvalue weighted by Crippen LogP contribution is 2.33. The maximum Gasteiger partial charge on any atom is 0.251 e. The molecule has 0 aliphatic carbocycles. The molecule has 1 aromatic carbocycles. The number of hydrogen-bond donors (Lipinski definition) is 1. The van der Waals surface area contributed by atoms with Crippen molar-refractivity contribution < 1.29 is 9.47 Å². The summed E-state index contributed by atoms with van der Waals surface area (Å²) in [5.41, 5.74) is 2.15. The van der Waals surface area contributed by atoms with Gasteiger partial charge in [0.2, 0.25) is 0 Å². The summed E-state index contributed by atoms with van der Waals surface area (Å²) in [4.78, 5) is 20.1. The minimum atomic E-state index is -0.0467. The molecule has 0 spiro atoms. The molecule has 1 N–H and O–H groups in total. The van der Waals surface area contributed by atoms with Gasteiger partial charge in [0, 0.05) is 43.5 Å². The summed E-state index contributed by atoms with van der Waals surface area (Å²) in [6.45, 7) is 6.31. The van der Waals surface area contributed by atoms with Gasteiger partial charge in [-0.3, -0.25) is 4.79 Å². The summed E-state index contributed by atoms with van der Waals surface area (Å²) < 4.78 is 11.0. The van der Waals surface area contributed by atoms with Crippen LogP contribution in [0.15, 0.2) is 41.2 Å². The highest BCUT2D eigenvalue weighted by Gasteiger charge is 2.33. The van der Waals surface area contributed by atoms with Gasteiger partial charge in [-0.1, -0.05) is 25.1 Å². The Labute approximate surface area is 166 Å². The normalized spacial score (nSPS) is 22.5. The van der Waals surface area contributed by atoms with E-state index in [0.717, 1.165) is 49.7 Å². The summed E-state index contributed by atoms with van der Waals surface area (Å²) in [6, 6.07) is 12.4. The van der Waals surface area contributed by atoms with Crippen LogP contribution in [0.4, 0.5) is 11.5 Å². The van der Waals surface area contributed by atoms with Crippen LogP contribution < -0.4 is 20.1 Å². The number of H-pyrrole nitrogens is 1. The van der Waals surface area contributed by atoms with Crippen molar-refractivity contribution in [2.24, 2.45) is 5.92 Å². The largest absolute Gasteiger partial charge is 0.496 e. The first-order chi connectivity index (χ1) is 13.7. The van der Waals surface area contributed by atoms with Crippen LogP contribution in [-0.4, -0.2) is 51.0 Å². The lowest BCUT2D eigenvalue weighted by molar-refractivity contribution is 0.122. The van der Waals surface area contributed by atoms with E-state index in [4.69, 9.17) is 9.47 Å². The van der Waals surface area contributed by atoms with Gasteiger partial charge in [0.25, 0.3) is 5.56 Å². The molecule has 150 valence electrons. The maximum atomic E-state index is 12.4. The van der Waals surface area contributed by atoms with Gasteiger partial charge in [0.1, 0.15) is 11.6 Å². The van der Waals surface area contributed by atoms with E-state index in [-0.39, 0.29) is 5.56 Å². The number of aromatic nitrogens is 1. The molecule has 0 radical (unpaired) electrons.